The smallest absolute Gasteiger partial charge is 0.263 e. The summed E-state index contributed by atoms with van der Waals surface area (Å²) in [6.07, 6.45) is -0.454. The number of nitrogens with zero attached hydrogens (tertiary/aromatic N) is 1. The van der Waals surface area contributed by atoms with Gasteiger partial charge in [-0.3, -0.25) is 4.79 Å². The molecule has 1 aliphatic rings. The van der Waals surface area contributed by atoms with Gasteiger partial charge in [0.05, 0.1) is 0 Å². The topological polar surface area (TPSA) is 41.6 Å². The summed E-state index contributed by atoms with van der Waals surface area (Å²) in [6.45, 7) is 12.6. The van der Waals surface area contributed by atoms with Gasteiger partial charge >= 0.3 is 0 Å². The average Bonchev–Trinajstić information content (AvgIpc) is 2.46. The molecule has 1 aromatic carbocycles. The molecule has 1 aliphatic heterocycles. The van der Waals surface area contributed by atoms with Crippen LogP contribution >= 0.6 is 12.4 Å². The van der Waals surface area contributed by atoms with E-state index in [-0.39, 0.29) is 18.3 Å². The number of nitrogens with one attached hydrogen (secondary N) is 1. The van der Waals surface area contributed by atoms with Gasteiger partial charge in [-0.1, -0.05) is 26.0 Å². The van der Waals surface area contributed by atoms with Crippen LogP contribution in [-0.4, -0.2) is 42.6 Å². The van der Waals surface area contributed by atoms with E-state index >= 15 is 0 Å². The first-order chi connectivity index (χ1) is 10.4. The molecule has 1 amide bonds. The predicted octanol–water partition coefficient (Wildman–Crippen LogP) is 3.13. The number of hydrogen-bond donors (Lipinski definition) is 1. The van der Waals surface area contributed by atoms with E-state index in [0.29, 0.717) is 12.0 Å². The zero-order chi connectivity index (χ0) is 16.3. The van der Waals surface area contributed by atoms with E-state index in [2.05, 4.69) is 38.2 Å². The molecule has 0 aliphatic carbocycles. The molecule has 1 N–H and O–H groups in total. The third-order valence-corrected chi connectivity index (χ3v) is 4.12. The SMILES string of the molecule is Cc1ccc(C(C)C)c(OC(C)C(=O)N2CCNC(C)C2)c1.Cl. The van der Waals surface area contributed by atoms with Crippen LogP contribution in [0.1, 0.15) is 44.7 Å². The maximum Gasteiger partial charge on any atom is 0.263 e. The van der Waals surface area contributed by atoms with Gasteiger partial charge in [0.25, 0.3) is 5.91 Å². The lowest BCUT2D eigenvalue weighted by Crippen LogP contribution is -2.54. The van der Waals surface area contributed by atoms with Crippen molar-refractivity contribution < 1.29 is 9.53 Å². The van der Waals surface area contributed by atoms with E-state index in [4.69, 9.17) is 4.74 Å². The molecule has 1 heterocycles. The summed E-state index contributed by atoms with van der Waals surface area (Å²) >= 11 is 0. The molecule has 0 spiro atoms. The molecule has 23 heavy (non-hydrogen) atoms. The molecule has 0 saturated carbocycles. The van der Waals surface area contributed by atoms with Crippen LogP contribution in [0.15, 0.2) is 18.2 Å². The van der Waals surface area contributed by atoms with Crippen LogP contribution in [-0.2, 0) is 4.79 Å². The minimum atomic E-state index is -0.454. The Morgan fingerprint density at radius 2 is 2.04 bits per heavy atom. The zero-order valence-corrected chi connectivity index (χ0v) is 15.6. The van der Waals surface area contributed by atoms with Crippen molar-refractivity contribution in [3.63, 3.8) is 0 Å². The third-order valence-electron chi connectivity index (χ3n) is 4.12. The van der Waals surface area contributed by atoms with Gasteiger partial charge in [-0.2, -0.15) is 0 Å². The molecule has 1 saturated heterocycles. The Hall–Kier alpha value is -1.26. The lowest BCUT2D eigenvalue weighted by atomic mass is 10.0. The number of piperazine rings is 1. The van der Waals surface area contributed by atoms with Crippen molar-refractivity contribution in [1.29, 1.82) is 0 Å². The first-order valence-corrected chi connectivity index (χ1v) is 8.18. The monoisotopic (exact) mass is 340 g/mol. The molecule has 0 aromatic heterocycles. The maximum absolute atomic E-state index is 12.6. The Kier molecular flexibility index (Phi) is 7.36. The quantitative estimate of drug-likeness (QED) is 0.915. The number of benzene rings is 1. The van der Waals surface area contributed by atoms with Gasteiger partial charge in [0, 0.05) is 25.7 Å². The second-order valence-electron chi connectivity index (χ2n) is 6.60. The van der Waals surface area contributed by atoms with Crippen molar-refractivity contribution in [2.75, 3.05) is 19.6 Å². The Morgan fingerprint density at radius 3 is 2.65 bits per heavy atom. The Labute approximate surface area is 146 Å². The van der Waals surface area contributed by atoms with E-state index in [0.717, 1.165) is 36.5 Å². The van der Waals surface area contributed by atoms with E-state index in [1.807, 2.05) is 24.8 Å². The third kappa shape index (κ3) is 5.11. The molecule has 0 radical (unpaired) electrons. The van der Waals surface area contributed by atoms with Crippen LogP contribution in [0.4, 0.5) is 0 Å². The van der Waals surface area contributed by atoms with Crippen LogP contribution in [0.25, 0.3) is 0 Å². The molecule has 2 rings (SSSR count). The molecule has 1 aromatic rings. The summed E-state index contributed by atoms with van der Waals surface area (Å²) in [4.78, 5) is 14.5. The first-order valence-electron chi connectivity index (χ1n) is 8.18. The number of carbonyl (C=O) groups is 1. The predicted molar refractivity (Wildman–Crippen MR) is 96.7 cm³/mol. The van der Waals surface area contributed by atoms with E-state index < -0.39 is 6.10 Å². The highest BCUT2D eigenvalue weighted by atomic mass is 35.5. The van der Waals surface area contributed by atoms with Crippen molar-refractivity contribution >= 4 is 18.3 Å². The molecule has 4 nitrogen and oxygen atoms in total. The van der Waals surface area contributed by atoms with Crippen LogP contribution in [0, 0.1) is 6.92 Å². The first kappa shape index (κ1) is 19.8. The fourth-order valence-corrected chi connectivity index (χ4v) is 2.85. The van der Waals surface area contributed by atoms with E-state index in [1.165, 1.54) is 0 Å². The number of hydrogen-bond acceptors (Lipinski definition) is 3. The second-order valence-corrected chi connectivity index (χ2v) is 6.60. The normalized spacial score (nSPS) is 19.2. The van der Waals surface area contributed by atoms with Crippen molar-refractivity contribution in [2.45, 2.75) is 52.7 Å². The highest BCUT2D eigenvalue weighted by Gasteiger charge is 2.26. The number of halogens is 1. The number of rotatable bonds is 4. The molecule has 1 fully saturated rings. The molecule has 0 bridgehead atoms. The van der Waals surface area contributed by atoms with Gasteiger partial charge in [-0.05, 0) is 43.9 Å². The average molecular weight is 341 g/mol. The van der Waals surface area contributed by atoms with E-state index in [1.54, 1.807) is 0 Å². The van der Waals surface area contributed by atoms with Crippen LogP contribution in [0.3, 0.4) is 0 Å². The minimum absolute atomic E-state index is 0. The fraction of sp³-hybridized carbons (Fsp3) is 0.611. The molecule has 5 heteroatoms. The summed E-state index contributed by atoms with van der Waals surface area (Å²) in [5.74, 6) is 1.28. The lowest BCUT2D eigenvalue weighted by Gasteiger charge is -2.33. The largest absolute Gasteiger partial charge is 0.481 e. The Balaban J connectivity index is 0.00000264. The molecule has 2 atom stereocenters. The summed E-state index contributed by atoms with van der Waals surface area (Å²) in [5, 5.41) is 3.35. The standard InChI is InChI=1S/C18H28N2O2.ClH/c1-12(2)16-7-6-13(3)10-17(16)22-15(5)18(21)20-9-8-19-14(4)11-20;/h6-7,10,12,14-15,19H,8-9,11H2,1-5H3;1H. The second kappa shape index (κ2) is 8.55. The number of aryl methyl sites for hydroxylation is 1. The van der Waals surface area contributed by atoms with Gasteiger partial charge in [-0.15, -0.1) is 12.4 Å². The number of carbonyl (C=O) groups excluding carboxylic acids is 1. The maximum atomic E-state index is 12.6. The summed E-state index contributed by atoms with van der Waals surface area (Å²) in [5.41, 5.74) is 2.30. The van der Waals surface area contributed by atoms with Gasteiger partial charge < -0.3 is 15.0 Å². The Morgan fingerprint density at radius 1 is 1.35 bits per heavy atom. The lowest BCUT2D eigenvalue weighted by molar-refractivity contribution is -0.139. The summed E-state index contributed by atoms with van der Waals surface area (Å²) in [7, 11) is 0. The fourth-order valence-electron chi connectivity index (χ4n) is 2.85. The van der Waals surface area contributed by atoms with Crippen molar-refractivity contribution in [3.05, 3.63) is 29.3 Å². The van der Waals surface area contributed by atoms with Crippen LogP contribution in [0.5, 0.6) is 5.75 Å². The number of ether oxygens (including phenoxy) is 1. The van der Waals surface area contributed by atoms with Crippen LogP contribution < -0.4 is 10.1 Å². The van der Waals surface area contributed by atoms with Gasteiger partial charge in [0.15, 0.2) is 6.10 Å². The van der Waals surface area contributed by atoms with Gasteiger partial charge in [0.2, 0.25) is 0 Å². The van der Waals surface area contributed by atoms with Gasteiger partial charge in [0.1, 0.15) is 5.75 Å². The summed E-state index contributed by atoms with van der Waals surface area (Å²) in [6, 6.07) is 6.56. The van der Waals surface area contributed by atoms with E-state index in [9.17, 15) is 4.79 Å². The zero-order valence-electron chi connectivity index (χ0n) is 14.8. The highest BCUT2D eigenvalue weighted by Crippen LogP contribution is 2.28. The molecular weight excluding hydrogens is 312 g/mol. The molecule has 130 valence electrons. The van der Waals surface area contributed by atoms with Crippen molar-refractivity contribution in [3.8, 4) is 5.75 Å². The van der Waals surface area contributed by atoms with Crippen LogP contribution in [0.2, 0.25) is 0 Å². The van der Waals surface area contributed by atoms with Gasteiger partial charge in [-0.25, -0.2) is 0 Å². The number of amides is 1. The molecule has 2 unspecified atom stereocenters. The summed E-state index contributed by atoms with van der Waals surface area (Å²) < 4.78 is 6.03. The molecular formula is C18H29ClN2O2. The van der Waals surface area contributed by atoms with Crippen molar-refractivity contribution in [1.82, 2.24) is 10.2 Å². The van der Waals surface area contributed by atoms with Crippen molar-refractivity contribution in [2.24, 2.45) is 0 Å². The Bertz CT molecular complexity index is 534. The highest BCUT2D eigenvalue weighted by molar-refractivity contribution is 5.85. The minimum Gasteiger partial charge on any atom is -0.481 e.